The van der Waals surface area contributed by atoms with Gasteiger partial charge in [0.15, 0.2) is 0 Å². The number of thiazole rings is 1. The van der Waals surface area contributed by atoms with Crippen LogP contribution in [0.3, 0.4) is 0 Å². The summed E-state index contributed by atoms with van der Waals surface area (Å²) in [6.45, 7) is 0. The molecule has 0 aromatic carbocycles. The minimum atomic E-state index is 0.430. The molecule has 60 valence electrons. The molecule has 0 spiro atoms. The maximum atomic E-state index is 5.85. The second-order valence-corrected chi connectivity index (χ2v) is 4.48. The Hall–Kier alpha value is -0.0800. The summed E-state index contributed by atoms with van der Waals surface area (Å²) < 4.78 is 0. The molecule has 0 N–H and O–H groups in total. The molecular formula is C8H10ClNS. The number of hydrogen-bond acceptors (Lipinski definition) is 2. The van der Waals surface area contributed by atoms with Gasteiger partial charge >= 0.3 is 0 Å². The van der Waals surface area contributed by atoms with E-state index in [0.29, 0.717) is 5.41 Å². The summed E-state index contributed by atoms with van der Waals surface area (Å²) in [6, 6.07) is 0. The first-order valence-electron chi connectivity index (χ1n) is 3.79. The summed E-state index contributed by atoms with van der Waals surface area (Å²) >= 11 is 7.58. The van der Waals surface area contributed by atoms with E-state index in [1.54, 1.807) is 11.3 Å². The van der Waals surface area contributed by atoms with Crippen molar-refractivity contribution >= 4 is 22.9 Å². The highest BCUT2D eigenvalue weighted by atomic mass is 35.5. The number of rotatable bonds is 3. The lowest BCUT2D eigenvalue weighted by atomic mass is 10.1. The van der Waals surface area contributed by atoms with Crippen LogP contribution in [0.5, 0.6) is 0 Å². The van der Waals surface area contributed by atoms with Gasteiger partial charge in [0.05, 0.1) is 5.01 Å². The molecule has 1 aliphatic carbocycles. The van der Waals surface area contributed by atoms with Crippen molar-refractivity contribution in [3.05, 3.63) is 16.6 Å². The fourth-order valence-corrected chi connectivity index (χ4v) is 2.35. The Morgan fingerprint density at radius 3 is 2.91 bits per heavy atom. The van der Waals surface area contributed by atoms with Crippen LogP contribution in [0.2, 0.25) is 0 Å². The lowest BCUT2D eigenvalue weighted by molar-refractivity contribution is 0.576. The molecule has 0 radical (unpaired) electrons. The topological polar surface area (TPSA) is 12.9 Å². The fourth-order valence-electron chi connectivity index (χ4n) is 1.20. The van der Waals surface area contributed by atoms with E-state index in [-0.39, 0.29) is 0 Å². The molecule has 1 nitrogen and oxygen atoms in total. The quantitative estimate of drug-likeness (QED) is 0.664. The first-order valence-corrected chi connectivity index (χ1v) is 5.20. The number of alkyl halides is 1. The van der Waals surface area contributed by atoms with Crippen molar-refractivity contribution in [2.75, 3.05) is 5.88 Å². The molecular weight excluding hydrogens is 178 g/mol. The minimum Gasteiger partial charge on any atom is -0.250 e. The van der Waals surface area contributed by atoms with E-state index >= 15 is 0 Å². The highest BCUT2D eigenvalue weighted by Crippen LogP contribution is 2.49. The van der Waals surface area contributed by atoms with Gasteiger partial charge in [-0.1, -0.05) is 0 Å². The maximum absolute atomic E-state index is 5.85. The first-order chi connectivity index (χ1) is 5.35. The third-order valence-corrected chi connectivity index (χ3v) is 3.60. The predicted octanol–water partition coefficient (Wildman–Crippen LogP) is 2.70. The van der Waals surface area contributed by atoms with Gasteiger partial charge in [-0.2, -0.15) is 0 Å². The molecule has 1 heterocycles. The van der Waals surface area contributed by atoms with Crippen LogP contribution in [0.25, 0.3) is 0 Å². The number of halogens is 1. The molecule has 1 aromatic rings. The van der Waals surface area contributed by atoms with Crippen molar-refractivity contribution < 1.29 is 0 Å². The summed E-state index contributed by atoms with van der Waals surface area (Å²) in [5.41, 5.74) is 0.430. The zero-order chi connectivity index (χ0) is 7.73. The Kier molecular flexibility index (Phi) is 1.90. The van der Waals surface area contributed by atoms with Crippen LogP contribution < -0.4 is 0 Å². The monoisotopic (exact) mass is 187 g/mol. The molecule has 0 bridgehead atoms. The van der Waals surface area contributed by atoms with Crippen molar-refractivity contribution in [3.8, 4) is 0 Å². The van der Waals surface area contributed by atoms with Crippen LogP contribution in [0, 0.1) is 5.41 Å². The molecule has 2 rings (SSSR count). The Bertz CT molecular complexity index is 228. The molecule has 0 aliphatic heterocycles. The molecule has 3 heteroatoms. The fraction of sp³-hybridized carbons (Fsp3) is 0.625. The summed E-state index contributed by atoms with van der Waals surface area (Å²) in [7, 11) is 0. The summed E-state index contributed by atoms with van der Waals surface area (Å²) in [5, 5.41) is 3.27. The van der Waals surface area contributed by atoms with Gasteiger partial charge in [-0.05, 0) is 18.3 Å². The molecule has 1 fully saturated rings. The van der Waals surface area contributed by atoms with Crippen molar-refractivity contribution in [1.29, 1.82) is 0 Å². The normalized spacial score (nSPS) is 20.1. The molecule has 11 heavy (non-hydrogen) atoms. The van der Waals surface area contributed by atoms with Gasteiger partial charge in [0, 0.05) is 23.9 Å². The van der Waals surface area contributed by atoms with Gasteiger partial charge in [-0.3, -0.25) is 0 Å². The Labute approximate surface area is 75.4 Å². The average Bonchev–Trinajstić information content (AvgIpc) is 2.59. The SMILES string of the molecule is ClCC1(Cc2nccs2)CC1. The lowest BCUT2D eigenvalue weighted by Crippen LogP contribution is -2.05. The number of aromatic nitrogens is 1. The van der Waals surface area contributed by atoms with Crippen LogP contribution in [0.1, 0.15) is 17.8 Å². The van der Waals surface area contributed by atoms with Gasteiger partial charge < -0.3 is 0 Å². The van der Waals surface area contributed by atoms with E-state index in [9.17, 15) is 0 Å². The number of nitrogens with zero attached hydrogens (tertiary/aromatic N) is 1. The van der Waals surface area contributed by atoms with E-state index in [0.717, 1.165) is 12.3 Å². The standard InChI is InChI=1S/C8H10ClNS/c9-6-8(1-2-8)5-7-10-3-4-11-7/h3-4H,1-2,5-6H2. The van der Waals surface area contributed by atoms with Gasteiger partial charge in [0.1, 0.15) is 0 Å². The van der Waals surface area contributed by atoms with Crippen LogP contribution in [-0.2, 0) is 6.42 Å². The van der Waals surface area contributed by atoms with Gasteiger partial charge in [0.25, 0.3) is 0 Å². The third kappa shape index (κ3) is 1.57. The molecule has 0 saturated heterocycles. The smallest absolute Gasteiger partial charge is 0.0930 e. The Morgan fingerprint density at radius 2 is 2.45 bits per heavy atom. The number of hydrogen-bond donors (Lipinski definition) is 0. The highest BCUT2D eigenvalue weighted by molar-refractivity contribution is 7.09. The molecule has 0 atom stereocenters. The molecule has 1 aromatic heterocycles. The Balaban J connectivity index is 2.01. The Morgan fingerprint density at radius 1 is 1.64 bits per heavy atom. The van der Waals surface area contributed by atoms with Crippen LogP contribution in [-0.4, -0.2) is 10.9 Å². The van der Waals surface area contributed by atoms with E-state index in [4.69, 9.17) is 11.6 Å². The lowest BCUT2D eigenvalue weighted by Gasteiger charge is -2.06. The third-order valence-electron chi connectivity index (χ3n) is 2.25. The summed E-state index contributed by atoms with van der Waals surface area (Å²) in [6.07, 6.45) is 5.53. The van der Waals surface area contributed by atoms with E-state index in [1.807, 2.05) is 11.6 Å². The average molecular weight is 188 g/mol. The van der Waals surface area contributed by atoms with Crippen molar-refractivity contribution in [2.24, 2.45) is 5.41 Å². The van der Waals surface area contributed by atoms with E-state index in [1.165, 1.54) is 17.8 Å². The zero-order valence-electron chi connectivity index (χ0n) is 6.22. The van der Waals surface area contributed by atoms with Crippen molar-refractivity contribution in [1.82, 2.24) is 4.98 Å². The second-order valence-electron chi connectivity index (χ2n) is 3.24. The van der Waals surface area contributed by atoms with E-state index < -0.39 is 0 Å². The van der Waals surface area contributed by atoms with Crippen LogP contribution >= 0.6 is 22.9 Å². The molecule has 0 unspecified atom stereocenters. The van der Waals surface area contributed by atoms with Gasteiger partial charge in [0.2, 0.25) is 0 Å². The second kappa shape index (κ2) is 2.76. The highest BCUT2D eigenvalue weighted by Gasteiger charge is 2.42. The van der Waals surface area contributed by atoms with Gasteiger partial charge in [-0.25, -0.2) is 4.98 Å². The molecule has 1 saturated carbocycles. The predicted molar refractivity (Wildman–Crippen MR) is 48.2 cm³/mol. The summed E-state index contributed by atoms with van der Waals surface area (Å²) in [4.78, 5) is 4.25. The maximum Gasteiger partial charge on any atom is 0.0930 e. The first kappa shape index (κ1) is 7.56. The largest absolute Gasteiger partial charge is 0.250 e. The van der Waals surface area contributed by atoms with Crippen LogP contribution in [0.4, 0.5) is 0 Å². The van der Waals surface area contributed by atoms with Crippen molar-refractivity contribution in [2.45, 2.75) is 19.3 Å². The zero-order valence-corrected chi connectivity index (χ0v) is 7.79. The van der Waals surface area contributed by atoms with E-state index in [2.05, 4.69) is 4.98 Å². The minimum absolute atomic E-state index is 0.430. The van der Waals surface area contributed by atoms with Crippen LogP contribution in [0.15, 0.2) is 11.6 Å². The van der Waals surface area contributed by atoms with Gasteiger partial charge in [-0.15, -0.1) is 22.9 Å². The molecule has 0 amide bonds. The van der Waals surface area contributed by atoms with Crippen molar-refractivity contribution in [3.63, 3.8) is 0 Å². The molecule has 1 aliphatic rings. The summed E-state index contributed by atoms with van der Waals surface area (Å²) in [5.74, 6) is 0.798.